The Morgan fingerprint density at radius 1 is 1.06 bits per heavy atom. The maximum absolute atomic E-state index is 13.3. The molecule has 0 unspecified atom stereocenters. The largest absolute Gasteiger partial charge is 0.435 e. The van der Waals surface area contributed by atoms with Gasteiger partial charge in [0.2, 0.25) is 0 Å². The van der Waals surface area contributed by atoms with E-state index in [0.717, 1.165) is 22.1 Å². The summed E-state index contributed by atoms with van der Waals surface area (Å²) in [4.78, 5) is 12.9. The summed E-state index contributed by atoms with van der Waals surface area (Å²) >= 11 is 0. The smallest absolute Gasteiger partial charge is 0.326 e. The van der Waals surface area contributed by atoms with E-state index in [2.05, 4.69) is 20.7 Å². The van der Waals surface area contributed by atoms with Gasteiger partial charge >= 0.3 is 6.18 Å². The predicted molar refractivity (Wildman–Crippen MR) is 111 cm³/mol. The average molecular weight is 441 g/mol. The topological polar surface area (TPSA) is 104 Å². The van der Waals surface area contributed by atoms with Gasteiger partial charge in [0.15, 0.2) is 5.69 Å². The Bertz CT molecular complexity index is 1260. The molecule has 0 aliphatic rings. The summed E-state index contributed by atoms with van der Waals surface area (Å²) in [6, 6.07) is 13.9. The van der Waals surface area contributed by atoms with Crippen LogP contribution in [-0.2, 0) is 12.7 Å². The molecular weight excluding hydrogens is 423 g/mol. The zero-order valence-corrected chi connectivity index (χ0v) is 16.8. The third kappa shape index (κ3) is 4.23. The second-order valence-corrected chi connectivity index (χ2v) is 6.99. The van der Waals surface area contributed by atoms with E-state index in [1.54, 1.807) is 59.4 Å². The number of nitrogens with zero attached hydrogens (tertiary/aromatic N) is 5. The maximum atomic E-state index is 13.3. The lowest BCUT2D eigenvalue weighted by molar-refractivity contribution is -0.141. The molecule has 4 aromatic rings. The number of carbonyl (C=O) groups is 1. The first kappa shape index (κ1) is 21.2. The highest BCUT2D eigenvalue weighted by Crippen LogP contribution is 2.30. The number of halogens is 3. The summed E-state index contributed by atoms with van der Waals surface area (Å²) in [5, 5.41) is 14.0. The van der Waals surface area contributed by atoms with Crippen LogP contribution in [0.3, 0.4) is 0 Å². The van der Waals surface area contributed by atoms with Crippen LogP contribution in [0, 0.1) is 6.92 Å². The van der Waals surface area contributed by atoms with Crippen molar-refractivity contribution in [1.82, 2.24) is 24.8 Å². The van der Waals surface area contributed by atoms with Gasteiger partial charge in [-0.05, 0) is 48.9 Å². The summed E-state index contributed by atoms with van der Waals surface area (Å²) in [6.45, 7) is 2.04. The van der Waals surface area contributed by atoms with E-state index in [-0.39, 0.29) is 12.2 Å². The fraction of sp³-hybridized carbons (Fsp3) is 0.143. The summed E-state index contributed by atoms with van der Waals surface area (Å²) in [5.41, 5.74) is 7.13. The first-order valence-corrected chi connectivity index (χ1v) is 9.52. The van der Waals surface area contributed by atoms with Gasteiger partial charge < -0.3 is 11.1 Å². The molecule has 0 saturated heterocycles. The molecule has 3 N–H and O–H groups in total. The molecule has 164 valence electrons. The molecule has 1 amide bonds. The highest BCUT2D eigenvalue weighted by Gasteiger charge is 2.36. The predicted octanol–water partition coefficient (Wildman–Crippen LogP) is 3.49. The molecule has 8 nitrogen and oxygen atoms in total. The quantitative estimate of drug-likeness (QED) is 0.494. The second kappa shape index (κ2) is 8.27. The number of benzene rings is 2. The minimum absolute atomic E-state index is 0.195. The number of carbonyl (C=O) groups excluding carboxylic acids is 1. The molecule has 0 atom stereocenters. The third-order valence-corrected chi connectivity index (χ3v) is 4.71. The summed E-state index contributed by atoms with van der Waals surface area (Å²) in [7, 11) is 0. The zero-order chi connectivity index (χ0) is 22.9. The van der Waals surface area contributed by atoms with Gasteiger partial charge in [-0.15, -0.1) is 5.10 Å². The minimum Gasteiger partial charge on any atom is -0.326 e. The fourth-order valence-corrected chi connectivity index (χ4v) is 3.12. The molecule has 0 saturated carbocycles. The summed E-state index contributed by atoms with van der Waals surface area (Å²) in [5.74, 6) is -0.740. The first-order valence-electron chi connectivity index (χ1n) is 9.52. The van der Waals surface area contributed by atoms with Crippen molar-refractivity contribution in [3.63, 3.8) is 0 Å². The number of amides is 1. The van der Waals surface area contributed by atoms with Gasteiger partial charge in [0.25, 0.3) is 5.91 Å². The Morgan fingerprint density at radius 2 is 1.81 bits per heavy atom. The van der Waals surface area contributed by atoms with Crippen LogP contribution in [0.25, 0.3) is 11.4 Å². The van der Waals surface area contributed by atoms with Crippen molar-refractivity contribution in [2.75, 3.05) is 5.32 Å². The standard InChI is InChI=1S/C21H18F3N7O/c1-13-12-26-29-30(13)16-7-5-15(6-8-16)27-20(32)18-10-19(21(22,23)24)28-31(18)17-4-2-3-14(9-17)11-25/h2-10,12H,11,25H2,1H3,(H,27,32). The third-order valence-electron chi connectivity index (χ3n) is 4.71. The highest BCUT2D eigenvalue weighted by molar-refractivity contribution is 6.03. The van der Waals surface area contributed by atoms with Crippen LogP contribution in [-0.4, -0.2) is 30.7 Å². The van der Waals surface area contributed by atoms with Gasteiger partial charge in [0, 0.05) is 18.3 Å². The zero-order valence-electron chi connectivity index (χ0n) is 16.8. The number of nitrogens with one attached hydrogen (secondary N) is 1. The van der Waals surface area contributed by atoms with Crippen LogP contribution in [0.2, 0.25) is 0 Å². The van der Waals surface area contributed by atoms with Crippen LogP contribution in [0.5, 0.6) is 0 Å². The molecule has 2 heterocycles. The van der Waals surface area contributed by atoms with Gasteiger partial charge in [-0.25, -0.2) is 9.36 Å². The molecule has 11 heteroatoms. The van der Waals surface area contributed by atoms with Crippen LogP contribution < -0.4 is 11.1 Å². The average Bonchev–Trinajstić information content (AvgIpc) is 3.41. The van der Waals surface area contributed by atoms with Gasteiger partial charge in [-0.2, -0.15) is 18.3 Å². The number of aryl methyl sites for hydroxylation is 1. The van der Waals surface area contributed by atoms with Crippen LogP contribution in [0.4, 0.5) is 18.9 Å². The second-order valence-electron chi connectivity index (χ2n) is 6.99. The van der Waals surface area contributed by atoms with E-state index >= 15 is 0 Å². The van der Waals surface area contributed by atoms with Gasteiger partial charge in [0.05, 0.1) is 23.3 Å². The number of alkyl halides is 3. The van der Waals surface area contributed by atoms with Crippen molar-refractivity contribution in [2.24, 2.45) is 5.73 Å². The first-order chi connectivity index (χ1) is 15.3. The van der Waals surface area contributed by atoms with Crippen molar-refractivity contribution in [3.05, 3.63) is 83.4 Å². The lowest BCUT2D eigenvalue weighted by Crippen LogP contribution is -2.17. The lowest BCUT2D eigenvalue weighted by Gasteiger charge is -2.10. The molecule has 4 rings (SSSR count). The van der Waals surface area contributed by atoms with Crippen LogP contribution in [0.15, 0.2) is 60.8 Å². The summed E-state index contributed by atoms with van der Waals surface area (Å²) in [6.07, 6.45) is -3.10. The van der Waals surface area contributed by atoms with E-state index in [9.17, 15) is 18.0 Å². The molecule has 2 aromatic carbocycles. The van der Waals surface area contributed by atoms with Crippen molar-refractivity contribution in [1.29, 1.82) is 0 Å². The molecular formula is C21H18F3N7O. The van der Waals surface area contributed by atoms with Crippen molar-refractivity contribution in [2.45, 2.75) is 19.6 Å². The van der Waals surface area contributed by atoms with Crippen molar-refractivity contribution >= 4 is 11.6 Å². The minimum atomic E-state index is -4.71. The molecule has 0 spiro atoms. The molecule has 2 aromatic heterocycles. The van der Waals surface area contributed by atoms with Crippen LogP contribution in [0.1, 0.15) is 27.4 Å². The Kier molecular flexibility index (Phi) is 5.49. The Labute approximate surface area is 180 Å². The molecule has 32 heavy (non-hydrogen) atoms. The number of anilines is 1. The van der Waals surface area contributed by atoms with E-state index in [1.165, 1.54) is 0 Å². The van der Waals surface area contributed by atoms with Gasteiger partial charge in [-0.3, -0.25) is 4.79 Å². The Balaban J connectivity index is 1.65. The normalized spacial score (nSPS) is 11.5. The van der Waals surface area contributed by atoms with Crippen LogP contribution >= 0.6 is 0 Å². The van der Waals surface area contributed by atoms with E-state index in [1.807, 2.05) is 6.92 Å². The number of hydrogen-bond acceptors (Lipinski definition) is 5. The fourth-order valence-electron chi connectivity index (χ4n) is 3.12. The molecule has 0 aliphatic heterocycles. The Morgan fingerprint density at radius 3 is 2.44 bits per heavy atom. The molecule has 0 radical (unpaired) electrons. The SMILES string of the molecule is Cc1cnnn1-c1ccc(NC(=O)c2cc(C(F)(F)F)nn2-c2cccc(CN)c2)cc1. The van der Waals surface area contributed by atoms with Crippen molar-refractivity contribution < 1.29 is 18.0 Å². The monoisotopic (exact) mass is 441 g/mol. The van der Waals surface area contributed by atoms with Gasteiger partial charge in [0.1, 0.15) is 5.69 Å². The van der Waals surface area contributed by atoms with Crippen molar-refractivity contribution in [3.8, 4) is 11.4 Å². The summed E-state index contributed by atoms with van der Waals surface area (Å²) < 4.78 is 42.5. The Hall–Kier alpha value is -3.99. The van der Waals surface area contributed by atoms with E-state index in [0.29, 0.717) is 16.9 Å². The number of rotatable bonds is 5. The molecule has 0 fully saturated rings. The number of aromatic nitrogens is 5. The number of hydrogen-bond donors (Lipinski definition) is 2. The lowest BCUT2D eigenvalue weighted by atomic mass is 10.2. The highest BCUT2D eigenvalue weighted by atomic mass is 19.4. The van der Waals surface area contributed by atoms with Gasteiger partial charge in [-0.1, -0.05) is 17.3 Å². The molecule has 0 aliphatic carbocycles. The number of nitrogens with two attached hydrogens (primary N) is 1. The molecule has 0 bridgehead atoms. The maximum Gasteiger partial charge on any atom is 0.435 e. The van der Waals surface area contributed by atoms with E-state index < -0.39 is 17.8 Å². The van der Waals surface area contributed by atoms with E-state index in [4.69, 9.17) is 5.73 Å².